The lowest BCUT2D eigenvalue weighted by molar-refractivity contribution is -0.126. The lowest BCUT2D eigenvalue weighted by Crippen LogP contribution is -2.31. The van der Waals surface area contributed by atoms with Crippen LogP contribution in [0.3, 0.4) is 0 Å². The largest absolute Gasteiger partial charge is 0.495 e. The van der Waals surface area contributed by atoms with Crippen molar-refractivity contribution >= 4 is 23.4 Å². The van der Waals surface area contributed by atoms with Crippen LogP contribution >= 0.6 is 0 Å². The molecule has 0 heterocycles. The molecule has 0 atom stereocenters. The van der Waals surface area contributed by atoms with Crippen LogP contribution in [0.25, 0.3) is 0 Å². The van der Waals surface area contributed by atoms with Gasteiger partial charge in [0, 0.05) is 13.5 Å². The first-order chi connectivity index (χ1) is 17.3. The second-order valence-corrected chi connectivity index (χ2v) is 7.69. The zero-order valence-corrected chi connectivity index (χ0v) is 22.0. The molecule has 0 bridgehead atoms. The lowest BCUT2D eigenvalue weighted by atomic mass is 10.2. The van der Waals surface area contributed by atoms with Gasteiger partial charge in [-0.05, 0) is 36.2 Å². The van der Waals surface area contributed by atoms with E-state index in [4.69, 9.17) is 9.47 Å². The van der Waals surface area contributed by atoms with Crippen LogP contribution in [0.1, 0.15) is 52.5 Å². The van der Waals surface area contributed by atoms with E-state index < -0.39 is 0 Å². The number of carbonyl (C=O) groups is 3. The summed E-state index contributed by atoms with van der Waals surface area (Å²) < 4.78 is 22.9. The standard InChI is InChI=1S/C13H18FNO2.C11H14N2O3.C3H8/c1-2-3-8-15-13(16)10-17-9-11-4-6-12(14)7-5-11;1-8(14)12-7-11(15)13-9-5-3-4-6-10(9)16-2;1-3-2/h4-7H,2-3,8-10H2,1H3,(H,15,16);3-6H,7H2,1-2H3,(H,12,14)(H,13,15);3H2,1-2H3. The zero-order valence-electron chi connectivity index (χ0n) is 22.0. The van der Waals surface area contributed by atoms with E-state index in [2.05, 4.69) is 36.7 Å². The fraction of sp³-hybridized carbons (Fsp3) is 0.444. The number of para-hydroxylation sites is 2. The van der Waals surface area contributed by atoms with Crippen LogP contribution in [-0.4, -0.2) is 44.5 Å². The fourth-order valence-electron chi connectivity index (χ4n) is 2.44. The van der Waals surface area contributed by atoms with Gasteiger partial charge in [0.25, 0.3) is 0 Å². The highest BCUT2D eigenvalue weighted by molar-refractivity contribution is 5.95. The molecule has 3 N–H and O–H groups in total. The van der Waals surface area contributed by atoms with E-state index in [0.717, 1.165) is 18.4 Å². The molecule has 0 fully saturated rings. The Labute approximate surface area is 214 Å². The van der Waals surface area contributed by atoms with Crippen molar-refractivity contribution in [1.29, 1.82) is 0 Å². The molecule has 200 valence electrons. The molecule has 0 saturated heterocycles. The van der Waals surface area contributed by atoms with Gasteiger partial charge < -0.3 is 25.4 Å². The van der Waals surface area contributed by atoms with Gasteiger partial charge in [-0.15, -0.1) is 0 Å². The molecule has 2 aromatic rings. The fourth-order valence-corrected chi connectivity index (χ4v) is 2.44. The number of carbonyl (C=O) groups excluding carboxylic acids is 3. The van der Waals surface area contributed by atoms with Gasteiger partial charge in [0.2, 0.25) is 17.7 Å². The maximum absolute atomic E-state index is 12.6. The summed E-state index contributed by atoms with van der Waals surface area (Å²) in [5.74, 6) is -0.333. The van der Waals surface area contributed by atoms with Gasteiger partial charge in [-0.25, -0.2) is 4.39 Å². The molecule has 9 heteroatoms. The maximum Gasteiger partial charge on any atom is 0.246 e. The summed E-state index contributed by atoms with van der Waals surface area (Å²) in [5.41, 5.74) is 1.44. The zero-order chi connectivity index (χ0) is 27.2. The van der Waals surface area contributed by atoms with Gasteiger partial charge in [-0.3, -0.25) is 14.4 Å². The first kappa shape index (κ1) is 32.5. The van der Waals surface area contributed by atoms with Crippen molar-refractivity contribution < 1.29 is 28.2 Å². The van der Waals surface area contributed by atoms with Crippen molar-refractivity contribution in [1.82, 2.24) is 10.6 Å². The van der Waals surface area contributed by atoms with E-state index in [1.807, 2.05) is 6.07 Å². The van der Waals surface area contributed by atoms with Gasteiger partial charge in [0.1, 0.15) is 18.2 Å². The first-order valence-electron chi connectivity index (χ1n) is 12.0. The molecule has 0 saturated carbocycles. The number of hydrogen-bond donors (Lipinski definition) is 3. The third-order valence-corrected chi connectivity index (χ3v) is 4.15. The highest BCUT2D eigenvalue weighted by Gasteiger charge is 2.06. The molecular weight excluding hydrogens is 465 g/mol. The number of nitrogens with one attached hydrogen (secondary N) is 3. The smallest absolute Gasteiger partial charge is 0.246 e. The molecule has 2 rings (SSSR count). The Balaban J connectivity index is 0.000000614. The molecule has 0 aliphatic carbocycles. The van der Waals surface area contributed by atoms with E-state index in [1.54, 1.807) is 30.3 Å². The number of rotatable bonds is 11. The summed E-state index contributed by atoms with van der Waals surface area (Å²) in [6, 6.07) is 13.1. The van der Waals surface area contributed by atoms with Crippen molar-refractivity contribution in [3.8, 4) is 5.75 Å². The molecule has 0 aliphatic rings. The van der Waals surface area contributed by atoms with Crippen LogP contribution < -0.4 is 20.7 Å². The highest BCUT2D eigenvalue weighted by Crippen LogP contribution is 2.22. The summed E-state index contributed by atoms with van der Waals surface area (Å²) in [6.45, 7) is 8.68. The number of halogens is 1. The van der Waals surface area contributed by atoms with Crippen LogP contribution in [0.2, 0.25) is 0 Å². The van der Waals surface area contributed by atoms with E-state index >= 15 is 0 Å². The van der Waals surface area contributed by atoms with Crippen molar-refractivity contribution in [2.75, 3.05) is 32.1 Å². The normalized spacial score (nSPS) is 9.50. The molecule has 0 unspecified atom stereocenters. The molecule has 2 aromatic carbocycles. The lowest BCUT2D eigenvalue weighted by Gasteiger charge is -2.09. The molecular formula is C27H40FN3O5. The number of methoxy groups -OCH3 is 1. The van der Waals surface area contributed by atoms with Gasteiger partial charge in [-0.1, -0.05) is 57.9 Å². The number of benzene rings is 2. The molecule has 8 nitrogen and oxygen atoms in total. The first-order valence-corrected chi connectivity index (χ1v) is 12.0. The van der Waals surface area contributed by atoms with Gasteiger partial charge >= 0.3 is 0 Å². The minimum atomic E-state index is -0.292. The average molecular weight is 506 g/mol. The van der Waals surface area contributed by atoms with E-state index in [9.17, 15) is 18.8 Å². The maximum atomic E-state index is 12.6. The van der Waals surface area contributed by atoms with Gasteiger partial charge in [0.05, 0.1) is 25.9 Å². The molecule has 0 radical (unpaired) electrons. The second kappa shape index (κ2) is 20.9. The van der Waals surface area contributed by atoms with E-state index in [-0.39, 0.29) is 36.7 Å². The van der Waals surface area contributed by atoms with Gasteiger partial charge in [0.15, 0.2) is 0 Å². The Morgan fingerprint density at radius 3 is 2.14 bits per heavy atom. The Morgan fingerprint density at radius 2 is 1.56 bits per heavy atom. The number of ether oxygens (including phenoxy) is 2. The molecule has 36 heavy (non-hydrogen) atoms. The van der Waals surface area contributed by atoms with Crippen molar-refractivity contribution in [2.24, 2.45) is 0 Å². The number of anilines is 1. The summed E-state index contributed by atoms with van der Waals surface area (Å²) in [7, 11) is 1.53. The van der Waals surface area contributed by atoms with Crippen molar-refractivity contribution in [3.63, 3.8) is 0 Å². The summed E-state index contributed by atoms with van der Waals surface area (Å²) >= 11 is 0. The third-order valence-electron chi connectivity index (χ3n) is 4.15. The van der Waals surface area contributed by atoms with Crippen LogP contribution in [0.15, 0.2) is 48.5 Å². The molecule has 0 spiro atoms. The summed E-state index contributed by atoms with van der Waals surface area (Å²) in [6.07, 6.45) is 3.28. The average Bonchev–Trinajstić information content (AvgIpc) is 2.85. The number of unbranched alkanes of at least 4 members (excludes halogenated alkanes) is 1. The monoisotopic (exact) mass is 505 g/mol. The van der Waals surface area contributed by atoms with Crippen LogP contribution in [0.4, 0.5) is 10.1 Å². The topological polar surface area (TPSA) is 106 Å². The Kier molecular flexibility index (Phi) is 18.9. The second-order valence-electron chi connectivity index (χ2n) is 7.69. The molecule has 0 aromatic heterocycles. The Morgan fingerprint density at radius 1 is 0.917 bits per heavy atom. The Bertz CT molecular complexity index is 891. The minimum Gasteiger partial charge on any atom is -0.495 e. The Hall–Kier alpha value is -3.46. The number of amides is 3. The van der Waals surface area contributed by atoms with E-state index in [1.165, 1.54) is 32.6 Å². The third kappa shape index (κ3) is 17.0. The summed E-state index contributed by atoms with van der Waals surface area (Å²) in [4.78, 5) is 33.3. The SMILES string of the molecule is CCC.CCCCNC(=O)COCc1ccc(F)cc1.COc1ccccc1NC(=O)CNC(C)=O. The van der Waals surface area contributed by atoms with E-state index in [0.29, 0.717) is 24.6 Å². The minimum absolute atomic E-state index is 0.0427. The van der Waals surface area contributed by atoms with Gasteiger partial charge in [-0.2, -0.15) is 0 Å². The molecule has 0 aliphatic heterocycles. The summed E-state index contributed by atoms with van der Waals surface area (Å²) in [5, 5.41) is 7.80. The van der Waals surface area contributed by atoms with Crippen LogP contribution in [0.5, 0.6) is 5.75 Å². The quantitative estimate of drug-likeness (QED) is 0.392. The van der Waals surface area contributed by atoms with Crippen molar-refractivity contribution in [2.45, 2.75) is 53.6 Å². The highest BCUT2D eigenvalue weighted by atomic mass is 19.1. The number of hydrogen-bond acceptors (Lipinski definition) is 5. The van der Waals surface area contributed by atoms with Crippen molar-refractivity contribution in [3.05, 3.63) is 59.9 Å². The van der Waals surface area contributed by atoms with Crippen LogP contribution in [0, 0.1) is 5.82 Å². The predicted octanol–water partition coefficient (Wildman–Crippen LogP) is 4.44. The predicted molar refractivity (Wildman–Crippen MR) is 140 cm³/mol. The molecule has 3 amide bonds. The van der Waals surface area contributed by atoms with Crippen LogP contribution in [-0.2, 0) is 25.7 Å².